The van der Waals surface area contributed by atoms with Gasteiger partial charge in [-0.25, -0.2) is 4.39 Å². The van der Waals surface area contributed by atoms with Crippen molar-refractivity contribution in [3.05, 3.63) is 34.6 Å². The molecule has 0 aliphatic heterocycles. The van der Waals surface area contributed by atoms with E-state index in [2.05, 4.69) is 0 Å². The van der Waals surface area contributed by atoms with Gasteiger partial charge in [-0.2, -0.15) is 0 Å². The van der Waals surface area contributed by atoms with E-state index in [4.69, 9.17) is 17.3 Å². The molecule has 3 N–H and O–H groups in total. The Labute approximate surface area is 100 Å². The summed E-state index contributed by atoms with van der Waals surface area (Å²) in [6, 6.07) is 4.26. The number of rotatable bonds is 4. The lowest BCUT2D eigenvalue weighted by Gasteiger charge is -2.20. The maximum absolute atomic E-state index is 13.6. The summed E-state index contributed by atoms with van der Waals surface area (Å²) < 4.78 is 13.6. The molecule has 0 fully saturated rings. The molecule has 0 saturated carbocycles. The second-order valence-corrected chi connectivity index (χ2v) is 4.61. The van der Waals surface area contributed by atoms with Crippen molar-refractivity contribution in [2.24, 2.45) is 5.73 Å². The summed E-state index contributed by atoms with van der Waals surface area (Å²) in [6.07, 6.45) is -0.246. The number of nitrogens with two attached hydrogens (primary N) is 1. The predicted octanol–water partition coefficient (Wildman–Crippen LogP) is 2.68. The minimum atomic E-state index is -0.648. The number of aliphatic hydroxyl groups excluding tert-OH is 1. The zero-order valence-corrected chi connectivity index (χ0v) is 10.2. The van der Waals surface area contributed by atoms with Gasteiger partial charge >= 0.3 is 0 Å². The normalized spacial score (nSPS) is 16.9. The van der Waals surface area contributed by atoms with Crippen molar-refractivity contribution in [3.63, 3.8) is 0 Å². The molecular weight excluding hydrogens is 229 g/mol. The van der Waals surface area contributed by atoms with Crippen molar-refractivity contribution < 1.29 is 9.50 Å². The molecule has 0 amide bonds. The van der Waals surface area contributed by atoms with Crippen LogP contribution < -0.4 is 5.73 Å². The van der Waals surface area contributed by atoms with E-state index in [1.165, 1.54) is 6.07 Å². The average Bonchev–Trinajstić information content (AvgIpc) is 2.16. The first kappa shape index (κ1) is 13.4. The Morgan fingerprint density at radius 3 is 2.56 bits per heavy atom. The fourth-order valence-electron chi connectivity index (χ4n) is 1.68. The summed E-state index contributed by atoms with van der Waals surface area (Å²) in [7, 11) is 0. The Morgan fingerprint density at radius 2 is 2.06 bits per heavy atom. The van der Waals surface area contributed by atoms with Crippen LogP contribution in [0.5, 0.6) is 0 Å². The largest absolute Gasteiger partial charge is 0.392 e. The fourth-order valence-corrected chi connectivity index (χ4v) is 2.03. The van der Waals surface area contributed by atoms with E-state index in [1.807, 2.05) is 6.92 Å². The second kappa shape index (κ2) is 5.62. The molecule has 0 aliphatic carbocycles. The third-order valence-electron chi connectivity index (χ3n) is 2.69. The predicted molar refractivity (Wildman–Crippen MR) is 64.1 cm³/mol. The van der Waals surface area contributed by atoms with Crippen LogP contribution in [-0.4, -0.2) is 17.3 Å². The number of halogens is 2. The molecule has 90 valence electrons. The summed E-state index contributed by atoms with van der Waals surface area (Å²) >= 11 is 5.93. The summed E-state index contributed by atoms with van der Waals surface area (Å²) in [5.74, 6) is -0.494. The van der Waals surface area contributed by atoms with Crippen LogP contribution >= 0.6 is 11.6 Å². The Morgan fingerprint density at radius 1 is 1.44 bits per heavy atom. The Hall–Kier alpha value is -0.640. The van der Waals surface area contributed by atoms with Gasteiger partial charge < -0.3 is 10.8 Å². The molecule has 3 unspecified atom stereocenters. The van der Waals surface area contributed by atoms with Crippen molar-refractivity contribution in [1.82, 2.24) is 0 Å². The highest BCUT2D eigenvalue weighted by Crippen LogP contribution is 2.30. The van der Waals surface area contributed by atoms with Gasteiger partial charge in [0.2, 0.25) is 0 Å². The van der Waals surface area contributed by atoms with E-state index in [-0.39, 0.29) is 17.8 Å². The highest BCUT2D eigenvalue weighted by Gasteiger charge is 2.19. The van der Waals surface area contributed by atoms with Crippen LogP contribution in [0.2, 0.25) is 5.02 Å². The summed E-state index contributed by atoms with van der Waals surface area (Å²) in [4.78, 5) is 0. The van der Waals surface area contributed by atoms with Gasteiger partial charge in [-0.1, -0.05) is 24.6 Å². The van der Waals surface area contributed by atoms with E-state index in [1.54, 1.807) is 19.1 Å². The van der Waals surface area contributed by atoms with Crippen LogP contribution in [-0.2, 0) is 0 Å². The molecule has 16 heavy (non-hydrogen) atoms. The fraction of sp³-hybridized carbons (Fsp3) is 0.500. The molecule has 1 rings (SSSR count). The Balaban J connectivity index is 2.84. The number of benzene rings is 1. The van der Waals surface area contributed by atoms with Gasteiger partial charge in [0.1, 0.15) is 5.82 Å². The van der Waals surface area contributed by atoms with Crippen LogP contribution in [0.4, 0.5) is 4.39 Å². The van der Waals surface area contributed by atoms with Gasteiger partial charge in [-0.05, 0) is 31.4 Å². The average molecular weight is 246 g/mol. The van der Waals surface area contributed by atoms with Crippen LogP contribution in [0, 0.1) is 5.82 Å². The number of hydrogen-bond acceptors (Lipinski definition) is 2. The topological polar surface area (TPSA) is 46.2 Å². The SMILES string of the molecule is CC(CC(O)C(C)N)c1c(F)cccc1Cl. The molecule has 0 radical (unpaired) electrons. The first-order valence-corrected chi connectivity index (χ1v) is 5.68. The van der Waals surface area contributed by atoms with Crippen LogP contribution in [0.1, 0.15) is 31.7 Å². The molecular formula is C12H17ClFNO. The lowest BCUT2D eigenvalue weighted by Crippen LogP contribution is -2.32. The minimum absolute atomic E-state index is 0.158. The zero-order valence-electron chi connectivity index (χ0n) is 9.45. The van der Waals surface area contributed by atoms with E-state index < -0.39 is 6.10 Å². The molecule has 1 aromatic rings. The maximum atomic E-state index is 13.6. The highest BCUT2D eigenvalue weighted by molar-refractivity contribution is 6.31. The summed E-state index contributed by atoms with van der Waals surface area (Å²) in [6.45, 7) is 3.55. The standard InChI is InChI=1S/C12H17ClFNO/c1-7(6-11(16)8(2)15)12-9(13)4-3-5-10(12)14/h3-5,7-8,11,16H,6,15H2,1-2H3. The molecule has 4 heteroatoms. The van der Waals surface area contributed by atoms with Gasteiger partial charge in [-0.15, -0.1) is 0 Å². The van der Waals surface area contributed by atoms with E-state index in [9.17, 15) is 9.50 Å². The molecule has 0 bridgehead atoms. The monoisotopic (exact) mass is 245 g/mol. The van der Waals surface area contributed by atoms with Gasteiger partial charge in [0, 0.05) is 16.6 Å². The first-order chi connectivity index (χ1) is 7.43. The second-order valence-electron chi connectivity index (χ2n) is 4.20. The molecule has 0 aromatic heterocycles. The zero-order chi connectivity index (χ0) is 12.3. The highest BCUT2D eigenvalue weighted by atomic mass is 35.5. The molecule has 0 spiro atoms. The molecule has 2 nitrogen and oxygen atoms in total. The molecule has 3 atom stereocenters. The molecule has 1 aromatic carbocycles. The lowest BCUT2D eigenvalue weighted by molar-refractivity contribution is 0.134. The van der Waals surface area contributed by atoms with Gasteiger partial charge in [0.05, 0.1) is 6.10 Å². The summed E-state index contributed by atoms with van der Waals surface area (Å²) in [5, 5.41) is 10.0. The Kier molecular flexibility index (Phi) is 4.71. The van der Waals surface area contributed by atoms with Gasteiger partial charge in [-0.3, -0.25) is 0 Å². The molecule has 0 saturated heterocycles. The lowest BCUT2D eigenvalue weighted by atomic mass is 9.92. The van der Waals surface area contributed by atoms with Crippen molar-refractivity contribution in [3.8, 4) is 0 Å². The first-order valence-electron chi connectivity index (χ1n) is 5.31. The summed E-state index contributed by atoms with van der Waals surface area (Å²) in [5.41, 5.74) is 6.01. The maximum Gasteiger partial charge on any atom is 0.128 e. The molecule has 0 aliphatic rings. The van der Waals surface area contributed by atoms with Crippen molar-refractivity contribution in [2.75, 3.05) is 0 Å². The van der Waals surface area contributed by atoms with Gasteiger partial charge in [0.25, 0.3) is 0 Å². The van der Waals surface area contributed by atoms with E-state index in [0.717, 1.165) is 0 Å². The molecule has 0 heterocycles. The Bertz CT molecular complexity index is 337. The third kappa shape index (κ3) is 3.17. The van der Waals surface area contributed by atoms with Crippen molar-refractivity contribution >= 4 is 11.6 Å². The minimum Gasteiger partial charge on any atom is -0.392 e. The van der Waals surface area contributed by atoms with Crippen molar-refractivity contribution in [2.45, 2.75) is 38.3 Å². The quantitative estimate of drug-likeness (QED) is 0.857. The van der Waals surface area contributed by atoms with Crippen LogP contribution in [0.25, 0.3) is 0 Å². The van der Waals surface area contributed by atoms with E-state index >= 15 is 0 Å². The van der Waals surface area contributed by atoms with Crippen molar-refractivity contribution in [1.29, 1.82) is 0 Å². The van der Waals surface area contributed by atoms with Gasteiger partial charge in [0.15, 0.2) is 0 Å². The third-order valence-corrected chi connectivity index (χ3v) is 3.02. The smallest absolute Gasteiger partial charge is 0.128 e. The van der Waals surface area contributed by atoms with Crippen LogP contribution in [0.15, 0.2) is 18.2 Å². The van der Waals surface area contributed by atoms with E-state index in [0.29, 0.717) is 17.0 Å². The number of hydrogen-bond donors (Lipinski definition) is 2. The van der Waals surface area contributed by atoms with Crippen LogP contribution in [0.3, 0.4) is 0 Å². The number of aliphatic hydroxyl groups is 1.